The van der Waals surface area contributed by atoms with Crippen LogP contribution >= 0.6 is 15.9 Å². The van der Waals surface area contributed by atoms with Gasteiger partial charge in [-0.25, -0.2) is 0 Å². The van der Waals surface area contributed by atoms with Crippen molar-refractivity contribution in [3.8, 4) is 11.5 Å². The first-order valence-electron chi connectivity index (χ1n) is 6.34. The summed E-state index contributed by atoms with van der Waals surface area (Å²) in [5.74, 6) is 1.24. The summed E-state index contributed by atoms with van der Waals surface area (Å²) in [5, 5.41) is 0. The van der Waals surface area contributed by atoms with Crippen LogP contribution in [-0.4, -0.2) is 20.0 Å². The van der Waals surface area contributed by atoms with Gasteiger partial charge in [-0.05, 0) is 35.9 Å². The number of hydrogen-bond acceptors (Lipinski definition) is 3. The van der Waals surface area contributed by atoms with Gasteiger partial charge in [-0.3, -0.25) is 4.79 Å². The van der Waals surface area contributed by atoms with E-state index in [0.29, 0.717) is 17.1 Å². The second kappa shape index (κ2) is 7.09. The zero-order valence-corrected chi connectivity index (χ0v) is 13.4. The van der Waals surface area contributed by atoms with Crippen molar-refractivity contribution in [3.05, 3.63) is 64.1 Å². The predicted octanol–water partition coefficient (Wildman–Crippen LogP) is 4.36. The average molecular weight is 347 g/mol. The molecule has 0 atom stereocenters. The highest BCUT2D eigenvalue weighted by atomic mass is 79.9. The number of hydrogen-bond donors (Lipinski definition) is 0. The molecule has 0 bridgehead atoms. The van der Waals surface area contributed by atoms with E-state index >= 15 is 0 Å². The maximum absolute atomic E-state index is 12.1. The molecule has 0 saturated carbocycles. The molecule has 0 aromatic heterocycles. The van der Waals surface area contributed by atoms with Crippen LogP contribution in [0.15, 0.2) is 53.0 Å². The number of ether oxygens (including phenoxy) is 2. The van der Waals surface area contributed by atoms with E-state index in [1.54, 1.807) is 38.5 Å². The average Bonchev–Trinajstić information content (AvgIpc) is 2.52. The van der Waals surface area contributed by atoms with Crippen LogP contribution in [-0.2, 0) is 0 Å². The summed E-state index contributed by atoms with van der Waals surface area (Å²) in [6, 6.07) is 12.8. The Bertz CT molecular complexity index is 677. The summed E-state index contributed by atoms with van der Waals surface area (Å²) in [5.41, 5.74) is 1.51. The van der Waals surface area contributed by atoms with E-state index in [4.69, 9.17) is 9.47 Å². The summed E-state index contributed by atoms with van der Waals surface area (Å²) < 4.78 is 11.3. The zero-order valence-electron chi connectivity index (χ0n) is 11.8. The van der Waals surface area contributed by atoms with E-state index in [1.807, 2.05) is 30.3 Å². The van der Waals surface area contributed by atoms with Crippen LogP contribution in [0.25, 0.3) is 6.08 Å². The number of halogens is 1. The molecule has 0 N–H and O–H groups in total. The number of ketones is 1. The van der Waals surface area contributed by atoms with Crippen LogP contribution in [0.3, 0.4) is 0 Å². The maximum Gasteiger partial charge on any atom is 0.185 e. The van der Waals surface area contributed by atoms with Crippen molar-refractivity contribution in [1.82, 2.24) is 0 Å². The van der Waals surface area contributed by atoms with E-state index in [9.17, 15) is 4.79 Å². The first kappa shape index (κ1) is 15.3. The fraction of sp³-hybridized carbons (Fsp3) is 0.118. The molecule has 0 fully saturated rings. The van der Waals surface area contributed by atoms with Crippen molar-refractivity contribution in [2.45, 2.75) is 0 Å². The van der Waals surface area contributed by atoms with Gasteiger partial charge in [0, 0.05) is 10.0 Å². The van der Waals surface area contributed by atoms with E-state index in [0.717, 1.165) is 10.0 Å². The number of carbonyl (C=O) groups excluding carboxylic acids is 1. The minimum Gasteiger partial charge on any atom is -0.493 e. The molecule has 0 unspecified atom stereocenters. The first-order chi connectivity index (χ1) is 10.1. The van der Waals surface area contributed by atoms with Gasteiger partial charge >= 0.3 is 0 Å². The van der Waals surface area contributed by atoms with E-state index in [-0.39, 0.29) is 5.78 Å². The third-order valence-corrected chi connectivity index (χ3v) is 3.44. The Labute approximate surface area is 132 Å². The second-order valence-corrected chi connectivity index (χ2v) is 5.24. The van der Waals surface area contributed by atoms with Crippen LogP contribution < -0.4 is 9.47 Å². The van der Waals surface area contributed by atoms with Gasteiger partial charge in [0.1, 0.15) is 0 Å². The molecule has 108 valence electrons. The highest BCUT2D eigenvalue weighted by Gasteiger charge is 2.04. The van der Waals surface area contributed by atoms with Gasteiger partial charge in [-0.2, -0.15) is 0 Å². The highest BCUT2D eigenvalue weighted by molar-refractivity contribution is 9.10. The molecule has 4 heteroatoms. The van der Waals surface area contributed by atoms with Gasteiger partial charge in [0.2, 0.25) is 0 Å². The lowest BCUT2D eigenvalue weighted by atomic mass is 10.1. The van der Waals surface area contributed by atoms with Gasteiger partial charge in [-0.1, -0.05) is 40.2 Å². The fourth-order valence-electron chi connectivity index (χ4n) is 1.87. The molecular weight excluding hydrogens is 332 g/mol. The Morgan fingerprint density at radius 3 is 2.48 bits per heavy atom. The Morgan fingerprint density at radius 1 is 1.05 bits per heavy atom. The second-order valence-electron chi connectivity index (χ2n) is 4.32. The molecule has 2 rings (SSSR count). The van der Waals surface area contributed by atoms with Crippen molar-refractivity contribution in [2.24, 2.45) is 0 Å². The molecule has 2 aromatic rings. The number of carbonyl (C=O) groups is 1. The van der Waals surface area contributed by atoms with Crippen molar-refractivity contribution >= 4 is 27.8 Å². The quantitative estimate of drug-likeness (QED) is 0.595. The van der Waals surface area contributed by atoms with E-state index in [1.165, 1.54) is 0 Å². The smallest absolute Gasteiger partial charge is 0.185 e. The summed E-state index contributed by atoms with van der Waals surface area (Å²) in [6.07, 6.45) is 3.30. The Balaban J connectivity index is 2.19. The normalized spacial score (nSPS) is 10.6. The first-order valence-corrected chi connectivity index (χ1v) is 7.13. The molecule has 0 aliphatic heterocycles. The fourth-order valence-corrected chi connectivity index (χ4v) is 2.27. The standard InChI is InChI=1S/C17H15BrO3/c1-20-16-9-7-12(10-17(16)21-2)6-8-15(19)13-4-3-5-14(18)11-13/h3-11H,1-2H3/b8-6+. The number of allylic oxidation sites excluding steroid dienone is 1. The van der Waals surface area contributed by atoms with Crippen molar-refractivity contribution in [3.63, 3.8) is 0 Å². The molecular formula is C17H15BrO3. The summed E-state index contributed by atoms with van der Waals surface area (Å²) in [7, 11) is 3.17. The van der Waals surface area contributed by atoms with Gasteiger partial charge in [0.25, 0.3) is 0 Å². The highest BCUT2D eigenvalue weighted by Crippen LogP contribution is 2.28. The SMILES string of the molecule is COc1ccc(/C=C/C(=O)c2cccc(Br)c2)cc1OC. The van der Waals surface area contributed by atoms with Gasteiger partial charge < -0.3 is 9.47 Å². The van der Waals surface area contributed by atoms with Gasteiger partial charge in [0.05, 0.1) is 14.2 Å². The van der Waals surface area contributed by atoms with Crippen molar-refractivity contribution < 1.29 is 14.3 Å². The lowest BCUT2D eigenvalue weighted by Crippen LogP contribution is -1.94. The van der Waals surface area contributed by atoms with Crippen LogP contribution in [0.5, 0.6) is 11.5 Å². The molecule has 0 aliphatic carbocycles. The third-order valence-electron chi connectivity index (χ3n) is 2.94. The summed E-state index contributed by atoms with van der Waals surface area (Å²) in [6.45, 7) is 0. The molecule has 0 saturated heterocycles. The topological polar surface area (TPSA) is 35.5 Å². The summed E-state index contributed by atoms with van der Waals surface area (Å²) >= 11 is 3.35. The molecule has 0 amide bonds. The van der Waals surface area contributed by atoms with Crippen LogP contribution in [0.2, 0.25) is 0 Å². The molecule has 0 aliphatic rings. The number of rotatable bonds is 5. The lowest BCUT2D eigenvalue weighted by Gasteiger charge is -2.07. The van der Waals surface area contributed by atoms with Crippen molar-refractivity contribution in [1.29, 1.82) is 0 Å². The lowest BCUT2D eigenvalue weighted by molar-refractivity contribution is 0.104. The third kappa shape index (κ3) is 3.95. The van der Waals surface area contributed by atoms with Crippen LogP contribution in [0.4, 0.5) is 0 Å². The molecule has 21 heavy (non-hydrogen) atoms. The number of methoxy groups -OCH3 is 2. The predicted molar refractivity (Wildman–Crippen MR) is 87.1 cm³/mol. The Hall–Kier alpha value is -2.07. The minimum atomic E-state index is -0.0499. The molecule has 2 aromatic carbocycles. The monoisotopic (exact) mass is 346 g/mol. The molecule has 0 radical (unpaired) electrons. The van der Waals surface area contributed by atoms with E-state index in [2.05, 4.69) is 15.9 Å². The van der Waals surface area contributed by atoms with Gasteiger partial charge in [0.15, 0.2) is 17.3 Å². The molecule has 3 nitrogen and oxygen atoms in total. The Morgan fingerprint density at radius 2 is 1.81 bits per heavy atom. The van der Waals surface area contributed by atoms with Crippen LogP contribution in [0, 0.1) is 0 Å². The van der Waals surface area contributed by atoms with Crippen molar-refractivity contribution in [2.75, 3.05) is 14.2 Å². The summed E-state index contributed by atoms with van der Waals surface area (Å²) in [4.78, 5) is 12.1. The number of benzene rings is 2. The maximum atomic E-state index is 12.1. The van der Waals surface area contributed by atoms with E-state index < -0.39 is 0 Å². The Kier molecular flexibility index (Phi) is 5.17. The van der Waals surface area contributed by atoms with Gasteiger partial charge in [-0.15, -0.1) is 0 Å². The van der Waals surface area contributed by atoms with Crippen LogP contribution in [0.1, 0.15) is 15.9 Å². The molecule has 0 heterocycles. The largest absolute Gasteiger partial charge is 0.493 e. The molecule has 0 spiro atoms. The minimum absolute atomic E-state index is 0.0499. The zero-order chi connectivity index (χ0) is 15.2.